The van der Waals surface area contributed by atoms with Gasteiger partial charge in [0.05, 0.1) is 12.5 Å². The Morgan fingerprint density at radius 3 is 1.23 bits per heavy atom. The maximum absolute atomic E-state index is 10.00. The van der Waals surface area contributed by atoms with Crippen molar-refractivity contribution in [3.63, 3.8) is 0 Å². The molecule has 0 aromatic heterocycles. The van der Waals surface area contributed by atoms with Gasteiger partial charge >= 0.3 is 5.97 Å². The van der Waals surface area contributed by atoms with Crippen LogP contribution in [-0.2, 0) is 19.2 Å². The van der Waals surface area contributed by atoms with E-state index in [4.69, 9.17) is 51.4 Å². The van der Waals surface area contributed by atoms with Gasteiger partial charge in [-0.2, -0.15) is 0 Å². The Morgan fingerprint density at radius 1 is 0.864 bits per heavy atom. The van der Waals surface area contributed by atoms with Crippen molar-refractivity contribution in [1.29, 1.82) is 0 Å². The molecule has 0 aliphatic heterocycles. The van der Waals surface area contributed by atoms with E-state index in [2.05, 4.69) is 0 Å². The van der Waals surface area contributed by atoms with Crippen LogP contribution in [0, 0.1) is 0 Å². The number of carboxylic acid groups (broad SMARTS) is 4. The predicted molar refractivity (Wildman–Crippen MR) is 75.2 cm³/mol. The molecule has 0 aromatic rings. The maximum Gasteiger partial charge on any atom is 0.305 e. The number of aliphatic carboxylic acids is 4. The van der Waals surface area contributed by atoms with Crippen LogP contribution in [0.25, 0.3) is 0 Å². The van der Waals surface area contributed by atoms with E-state index in [1.54, 1.807) is 0 Å². The summed E-state index contributed by atoms with van der Waals surface area (Å²) >= 11 is 0. The minimum absolute atomic E-state index is 0.00551. The van der Waals surface area contributed by atoms with Crippen LogP contribution in [0.15, 0.2) is 0 Å². The minimum atomic E-state index is -1.03. The van der Waals surface area contributed by atoms with E-state index in [1.807, 2.05) is 0 Å². The summed E-state index contributed by atoms with van der Waals surface area (Å²) in [6.45, 7) is 3.24. The molecule has 0 spiro atoms. The topological polar surface area (TPSA) is 221 Å². The lowest BCUT2D eigenvalue weighted by atomic mass is 10.1. The lowest BCUT2D eigenvalue weighted by molar-refractivity contribution is -0.138. The number of rotatable bonds is 4. The van der Waals surface area contributed by atoms with Crippen LogP contribution >= 0.6 is 0 Å². The van der Waals surface area contributed by atoms with E-state index >= 15 is 0 Å². The Labute approximate surface area is 127 Å². The van der Waals surface area contributed by atoms with Gasteiger partial charge in [-0.25, -0.2) is 0 Å². The van der Waals surface area contributed by atoms with Crippen molar-refractivity contribution in [2.45, 2.75) is 39.3 Å². The number of nitrogens with two attached hydrogens (primary N) is 2. The van der Waals surface area contributed by atoms with Gasteiger partial charge in [-0.3, -0.25) is 19.2 Å². The maximum atomic E-state index is 10.00. The third-order valence-electron chi connectivity index (χ3n) is 1.15. The van der Waals surface area contributed by atoms with Crippen LogP contribution < -0.4 is 11.5 Å². The molecular weight excluding hydrogens is 304 g/mol. The van der Waals surface area contributed by atoms with Crippen molar-refractivity contribution >= 4 is 23.9 Å². The minimum Gasteiger partial charge on any atom is -0.481 e. The first kappa shape index (κ1) is 28.0. The lowest BCUT2D eigenvalue weighted by Gasteiger charge is -2.13. The molecule has 11 nitrogen and oxygen atoms in total. The fourth-order valence-electron chi connectivity index (χ4n) is 0.512. The highest BCUT2D eigenvalue weighted by Gasteiger charge is 2.15. The average Bonchev–Trinajstić information content (AvgIpc) is 2.24. The Bertz CT molecular complexity index is 293. The van der Waals surface area contributed by atoms with Gasteiger partial charge in [0.2, 0.25) is 0 Å². The summed E-state index contributed by atoms with van der Waals surface area (Å²) in [4.78, 5) is 37.0. The zero-order chi connectivity index (χ0) is 18.9. The molecule has 9 N–H and O–H groups in total. The van der Waals surface area contributed by atoms with Crippen LogP contribution in [0.5, 0.6) is 0 Å². The molecule has 2 unspecified atom stereocenters. The van der Waals surface area contributed by atoms with E-state index in [0.717, 1.165) is 20.8 Å². The molecule has 0 aromatic carbocycles. The van der Waals surface area contributed by atoms with Gasteiger partial charge in [-0.15, -0.1) is 0 Å². The molecule has 0 saturated heterocycles. The first-order valence-corrected chi connectivity index (χ1v) is 5.71. The molecule has 2 atom stereocenters. The molecule has 0 rings (SSSR count). The molecule has 0 saturated carbocycles. The number of aliphatic hydroxyl groups is 1. The van der Waals surface area contributed by atoms with E-state index in [9.17, 15) is 4.79 Å². The summed E-state index contributed by atoms with van der Waals surface area (Å²) in [6, 6.07) is -0.762. The van der Waals surface area contributed by atoms with Crippen LogP contribution in [0.2, 0.25) is 0 Å². The second kappa shape index (κ2) is 18.8. The Morgan fingerprint density at radius 2 is 1.09 bits per heavy atom. The van der Waals surface area contributed by atoms with E-state index in [0.29, 0.717) is 0 Å². The first-order chi connectivity index (χ1) is 9.77. The Hall–Kier alpha value is -2.24. The Kier molecular flexibility index (Phi) is 23.9. The number of aliphatic hydroxyl groups excluding tert-OH is 1. The number of hydrogen-bond acceptors (Lipinski definition) is 7. The fourth-order valence-corrected chi connectivity index (χ4v) is 0.512. The molecule has 0 aliphatic rings. The number of carbonyl (C=O) groups is 4. The quantitative estimate of drug-likeness (QED) is 0.310. The molecule has 0 amide bonds. The SMILES string of the molecule is CC(=O)O.CC(=O)O.CC(=O)O.NCC(O)C(N)CC(=O)O. The fraction of sp³-hybridized carbons (Fsp3) is 0.636. The highest BCUT2D eigenvalue weighted by atomic mass is 16.4. The second-order valence-electron chi connectivity index (χ2n) is 3.62. The molecule has 0 aliphatic carbocycles. The summed E-state index contributed by atoms with van der Waals surface area (Å²) in [7, 11) is 0. The van der Waals surface area contributed by atoms with E-state index in [1.165, 1.54) is 0 Å². The summed E-state index contributed by atoms with van der Waals surface area (Å²) in [5, 5.41) is 39.3. The number of carboxylic acids is 4. The molecular formula is C11H24N2O9. The van der Waals surface area contributed by atoms with E-state index < -0.39 is 36.0 Å². The third kappa shape index (κ3) is 82.8. The highest BCUT2D eigenvalue weighted by Crippen LogP contribution is 1.93. The predicted octanol–water partition coefficient (Wildman–Crippen LogP) is -1.62. The molecule has 0 fully saturated rings. The van der Waals surface area contributed by atoms with Gasteiger partial charge in [0.25, 0.3) is 17.9 Å². The molecule has 22 heavy (non-hydrogen) atoms. The van der Waals surface area contributed by atoms with Crippen molar-refractivity contribution in [1.82, 2.24) is 0 Å². The van der Waals surface area contributed by atoms with Crippen molar-refractivity contribution < 1.29 is 44.7 Å². The highest BCUT2D eigenvalue weighted by molar-refractivity contribution is 5.67. The molecule has 11 heteroatoms. The smallest absolute Gasteiger partial charge is 0.305 e. The van der Waals surface area contributed by atoms with Gasteiger partial charge < -0.3 is 37.0 Å². The zero-order valence-electron chi connectivity index (χ0n) is 12.6. The summed E-state index contributed by atoms with van der Waals surface area (Å²) in [6.07, 6.45) is -1.17. The van der Waals surface area contributed by atoms with Crippen LogP contribution in [0.1, 0.15) is 27.2 Å². The normalized spacial score (nSPS) is 10.8. The third-order valence-corrected chi connectivity index (χ3v) is 1.15. The van der Waals surface area contributed by atoms with Crippen molar-refractivity contribution in [2.75, 3.05) is 6.54 Å². The number of hydrogen-bond donors (Lipinski definition) is 7. The van der Waals surface area contributed by atoms with E-state index in [-0.39, 0.29) is 13.0 Å². The van der Waals surface area contributed by atoms with Crippen LogP contribution in [0.3, 0.4) is 0 Å². The van der Waals surface area contributed by atoms with Gasteiger partial charge in [0.15, 0.2) is 0 Å². The van der Waals surface area contributed by atoms with Crippen molar-refractivity contribution in [2.24, 2.45) is 11.5 Å². The van der Waals surface area contributed by atoms with Gasteiger partial charge in [0, 0.05) is 33.4 Å². The van der Waals surface area contributed by atoms with Crippen LogP contribution in [0.4, 0.5) is 0 Å². The van der Waals surface area contributed by atoms with Crippen molar-refractivity contribution in [3.05, 3.63) is 0 Å². The average molecular weight is 328 g/mol. The lowest BCUT2D eigenvalue weighted by Crippen LogP contribution is -2.41. The first-order valence-electron chi connectivity index (χ1n) is 5.71. The van der Waals surface area contributed by atoms with Gasteiger partial charge in [0.1, 0.15) is 0 Å². The summed E-state index contributed by atoms with van der Waals surface area (Å²) in [5.74, 6) is -3.53. The molecule has 132 valence electrons. The monoisotopic (exact) mass is 328 g/mol. The molecule has 0 bridgehead atoms. The van der Waals surface area contributed by atoms with Gasteiger partial charge in [-0.05, 0) is 0 Å². The Balaban J connectivity index is -0.000000112. The standard InChI is InChI=1S/C5H12N2O3.3C2H4O2/c6-2-4(8)3(7)1-5(9)10;3*1-2(3)4/h3-4,8H,1-2,6-7H2,(H,9,10);3*1H3,(H,3,4). The second-order valence-corrected chi connectivity index (χ2v) is 3.62. The molecule has 0 heterocycles. The molecule has 0 radical (unpaired) electrons. The summed E-state index contributed by atoms with van der Waals surface area (Å²) in [5.41, 5.74) is 10.2. The largest absolute Gasteiger partial charge is 0.481 e. The summed E-state index contributed by atoms with van der Waals surface area (Å²) < 4.78 is 0. The van der Waals surface area contributed by atoms with Crippen molar-refractivity contribution in [3.8, 4) is 0 Å². The van der Waals surface area contributed by atoms with Crippen LogP contribution in [-0.4, -0.2) is 68.1 Å². The van der Waals surface area contributed by atoms with Gasteiger partial charge in [-0.1, -0.05) is 0 Å². The zero-order valence-corrected chi connectivity index (χ0v) is 12.6.